The molecule has 4 nitrogen and oxygen atoms in total. The molecule has 26 heavy (non-hydrogen) atoms. The lowest BCUT2D eigenvalue weighted by molar-refractivity contribution is -0.137. The number of likely N-dealkylation sites (tertiary alicyclic amines) is 1. The quantitative estimate of drug-likeness (QED) is 0.788. The third kappa shape index (κ3) is 3.84. The molecule has 0 saturated carbocycles. The van der Waals surface area contributed by atoms with Gasteiger partial charge in [-0.05, 0) is 43.7 Å². The van der Waals surface area contributed by atoms with E-state index in [0.717, 1.165) is 36.2 Å². The number of benzene rings is 1. The molecular weight excluding hydrogens is 363 g/mol. The van der Waals surface area contributed by atoms with E-state index >= 15 is 0 Å². The minimum Gasteiger partial charge on any atom is -0.342 e. The molecule has 2 heterocycles. The van der Waals surface area contributed by atoms with Crippen molar-refractivity contribution >= 4 is 28.7 Å². The van der Waals surface area contributed by atoms with E-state index in [1.54, 1.807) is 11.8 Å². The van der Waals surface area contributed by atoms with Crippen molar-refractivity contribution in [2.45, 2.75) is 38.9 Å². The summed E-state index contributed by atoms with van der Waals surface area (Å²) in [6.45, 7) is 5.20. The molecule has 8 heteroatoms. The second kappa shape index (κ2) is 7.50. The number of aryl methyl sites for hydroxylation is 1. The Hall–Kier alpha value is -1.70. The maximum Gasteiger partial charge on any atom is 0.416 e. The molecule has 1 aliphatic heterocycles. The van der Waals surface area contributed by atoms with Crippen LogP contribution in [0.4, 0.5) is 13.2 Å². The van der Waals surface area contributed by atoms with E-state index in [2.05, 4.69) is 4.98 Å². The second-order valence-corrected chi connectivity index (χ2v) is 7.75. The van der Waals surface area contributed by atoms with Gasteiger partial charge in [-0.15, -0.1) is 0 Å². The summed E-state index contributed by atoms with van der Waals surface area (Å²) in [6, 6.07) is 3.88. The number of piperidine rings is 1. The zero-order valence-electron chi connectivity index (χ0n) is 14.8. The predicted molar refractivity (Wildman–Crippen MR) is 97.3 cm³/mol. The Labute approximate surface area is 154 Å². The van der Waals surface area contributed by atoms with Crippen molar-refractivity contribution in [1.82, 2.24) is 14.5 Å². The van der Waals surface area contributed by atoms with Crippen LogP contribution in [0.3, 0.4) is 0 Å². The third-order valence-corrected chi connectivity index (χ3v) is 5.66. The van der Waals surface area contributed by atoms with Gasteiger partial charge in [0.25, 0.3) is 0 Å². The molecular formula is C18H22F3N3OS. The van der Waals surface area contributed by atoms with Gasteiger partial charge in [-0.25, -0.2) is 4.98 Å². The average Bonchev–Trinajstić information content (AvgIpc) is 2.94. The number of nitrogens with zero attached hydrogens (tertiary/aromatic N) is 3. The average molecular weight is 385 g/mol. The van der Waals surface area contributed by atoms with E-state index in [4.69, 9.17) is 0 Å². The Morgan fingerprint density at radius 3 is 2.62 bits per heavy atom. The number of amides is 1. The van der Waals surface area contributed by atoms with Crippen LogP contribution in [0.2, 0.25) is 0 Å². The van der Waals surface area contributed by atoms with Crippen LogP contribution < -0.4 is 0 Å². The van der Waals surface area contributed by atoms with Gasteiger partial charge in [0.2, 0.25) is 5.91 Å². The number of fused-ring (bicyclic) bond motifs is 1. The van der Waals surface area contributed by atoms with Gasteiger partial charge >= 0.3 is 6.18 Å². The van der Waals surface area contributed by atoms with Gasteiger partial charge in [0.1, 0.15) is 5.82 Å². The lowest BCUT2D eigenvalue weighted by Gasteiger charge is -2.33. The fraction of sp³-hybridized carbons (Fsp3) is 0.556. The number of alkyl halides is 3. The van der Waals surface area contributed by atoms with Crippen LogP contribution in [0.5, 0.6) is 0 Å². The molecule has 0 radical (unpaired) electrons. The van der Waals surface area contributed by atoms with Crippen molar-refractivity contribution in [2.75, 3.05) is 24.6 Å². The van der Waals surface area contributed by atoms with Gasteiger partial charge in [0.15, 0.2) is 0 Å². The lowest BCUT2D eigenvalue weighted by Crippen LogP contribution is -2.40. The smallest absolute Gasteiger partial charge is 0.342 e. The van der Waals surface area contributed by atoms with Crippen LogP contribution in [0, 0.1) is 6.92 Å². The zero-order chi connectivity index (χ0) is 18.9. The largest absolute Gasteiger partial charge is 0.416 e. The molecule has 0 N–H and O–H groups in total. The van der Waals surface area contributed by atoms with Crippen LogP contribution >= 0.6 is 11.8 Å². The van der Waals surface area contributed by atoms with E-state index in [9.17, 15) is 18.0 Å². The highest BCUT2D eigenvalue weighted by molar-refractivity contribution is 7.99. The van der Waals surface area contributed by atoms with E-state index in [1.807, 2.05) is 23.3 Å². The standard InChI is InChI=1S/C18H22F3N3OS/c1-3-26-11-17(25)23-8-6-14(7-9-23)24-12(2)22-15-10-13(18(19,20)21)4-5-16(15)24/h4-5,10,14H,3,6-9,11H2,1-2H3. The van der Waals surface area contributed by atoms with E-state index in [1.165, 1.54) is 6.07 Å². The number of thioether (sulfide) groups is 1. The molecule has 1 aliphatic rings. The number of halogens is 3. The highest BCUT2D eigenvalue weighted by Gasteiger charge is 2.32. The molecule has 1 aromatic heterocycles. The summed E-state index contributed by atoms with van der Waals surface area (Å²) in [5, 5.41) is 0. The van der Waals surface area contributed by atoms with Gasteiger partial charge < -0.3 is 9.47 Å². The first-order chi connectivity index (χ1) is 12.3. The fourth-order valence-electron chi connectivity index (χ4n) is 3.51. The maximum atomic E-state index is 12.9. The van der Waals surface area contributed by atoms with Crippen molar-refractivity contribution in [1.29, 1.82) is 0 Å². The van der Waals surface area contributed by atoms with Crippen LogP contribution in [-0.2, 0) is 11.0 Å². The number of carbonyl (C=O) groups excluding carboxylic acids is 1. The summed E-state index contributed by atoms with van der Waals surface area (Å²) in [7, 11) is 0. The predicted octanol–water partition coefficient (Wildman–Crippen LogP) is 4.28. The van der Waals surface area contributed by atoms with Gasteiger partial charge in [-0.1, -0.05) is 6.92 Å². The molecule has 1 fully saturated rings. The van der Waals surface area contributed by atoms with Crippen molar-refractivity contribution in [3.63, 3.8) is 0 Å². The summed E-state index contributed by atoms with van der Waals surface area (Å²) in [4.78, 5) is 18.4. The molecule has 1 amide bonds. The fourth-order valence-corrected chi connectivity index (χ4v) is 4.07. The number of imidazole rings is 1. The van der Waals surface area contributed by atoms with E-state index in [0.29, 0.717) is 30.2 Å². The Bertz CT molecular complexity index is 795. The maximum absolute atomic E-state index is 12.9. The van der Waals surface area contributed by atoms with Gasteiger partial charge in [-0.3, -0.25) is 4.79 Å². The number of aromatic nitrogens is 2. The minimum absolute atomic E-state index is 0.152. The molecule has 0 unspecified atom stereocenters. The van der Waals surface area contributed by atoms with Crippen LogP contribution in [0.15, 0.2) is 18.2 Å². The zero-order valence-corrected chi connectivity index (χ0v) is 15.7. The molecule has 1 aromatic carbocycles. The van der Waals surface area contributed by atoms with Gasteiger partial charge in [0, 0.05) is 19.1 Å². The molecule has 3 rings (SSSR count). The van der Waals surface area contributed by atoms with Gasteiger partial charge in [0.05, 0.1) is 22.3 Å². The number of carbonyl (C=O) groups is 1. The number of hydrogen-bond acceptors (Lipinski definition) is 3. The molecule has 2 aromatic rings. The first kappa shape index (κ1) is 19.1. The van der Waals surface area contributed by atoms with E-state index < -0.39 is 11.7 Å². The minimum atomic E-state index is -4.37. The second-order valence-electron chi connectivity index (χ2n) is 6.48. The van der Waals surface area contributed by atoms with Gasteiger partial charge in [-0.2, -0.15) is 24.9 Å². The van der Waals surface area contributed by atoms with Crippen molar-refractivity contribution < 1.29 is 18.0 Å². The topological polar surface area (TPSA) is 38.1 Å². The third-order valence-electron chi connectivity index (χ3n) is 4.81. The normalized spacial score (nSPS) is 16.4. The first-order valence-corrected chi connectivity index (χ1v) is 9.88. The highest BCUT2D eigenvalue weighted by atomic mass is 32.2. The molecule has 0 aliphatic carbocycles. The van der Waals surface area contributed by atoms with Crippen LogP contribution in [-0.4, -0.2) is 45.0 Å². The van der Waals surface area contributed by atoms with Crippen LogP contribution in [0.25, 0.3) is 11.0 Å². The van der Waals surface area contributed by atoms with Crippen molar-refractivity contribution in [3.8, 4) is 0 Å². The van der Waals surface area contributed by atoms with E-state index in [-0.39, 0.29) is 11.9 Å². The summed E-state index contributed by atoms with van der Waals surface area (Å²) in [5.74, 6) is 2.31. The molecule has 1 saturated heterocycles. The summed E-state index contributed by atoms with van der Waals surface area (Å²) < 4.78 is 40.8. The first-order valence-electron chi connectivity index (χ1n) is 8.72. The monoisotopic (exact) mass is 385 g/mol. The highest BCUT2D eigenvalue weighted by Crippen LogP contribution is 2.34. The Balaban J connectivity index is 1.77. The molecule has 142 valence electrons. The summed E-state index contributed by atoms with van der Waals surface area (Å²) in [6.07, 6.45) is -2.79. The molecule has 0 spiro atoms. The Kier molecular flexibility index (Phi) is 5.50. The molecule has 0 bridgehead atoms. The molecule has 0 atom stereocenters. The van der Waals surface area contributed by atoms with Crippen LogP contribution in [0.1, 0.15) is 37.2 Å². The lowest BCUT2D eigenvalue weighted by atomic mass is 10.0. The Morgan fingerprint density at radius 1 is 1.31 bits per heavy atom. The number of hydrogen-bond donors (Lipinski definition) is 0. The Morgan fingerprint density at radius 2 is 2.00 bits per heavy atom. The summed E-state index contributed by atoms with van der Waals surface area (Å²) >= 11 is 1.62. The van der Waals surface area contributed by atoms with Crippen molar-refractivity contribution in [2.24, 2.45) is 0 Å². The summed E-state index contributed by atoms with van der Waals surface area (Å²) in [5.41, 5.74) is 0.417. The number of rotatable bonds is 4. The van der Waals surface area contributed by atoms with Crippen molar-refractivity contribution in [3.05, 3.63) is 29.6 Å². The SMILES string of the molecule is CCSCC(=O)N1CCC(n2c(C)nc3cc(C(F)(F)F)ccc32)CC1.